The molecule has 1 aliphatic rings. The van der Waals surface area contributed by atoms with Gasteiger partial charge in [-0.05, 0) is 64.1 Å². The third-order valence-corrected chi connectivity index (χ3v) is 4.70. The summed E-state index contributed by atoms with van der Waals surface area (Å²) in [6.45, 7) is 14.7. The summed E-state index contributed by atoms with van der Waals surface area (Å²) in [6, 6.07) is 9.77. The van der Waals surface area contributed by atoms with Gasteiger partial charge in [-0.15, -0.1) is 0 Å². The van der Waals surface area contributed by atoms with Gasteiger partial charge in [-0.1, -0.05) is 31.2 Å². The van der Waals surface area contributed by atoms with Crippen LogP contribution >= 0.6 is 0 Å². The van der Waals surface area contributed by atoms with E-state index in [4.69, 9.17) is 0 Å². The summed E-state index contributed by atoms with van der Waals surface area (Å²) in [7, 11) is 0. The minimum absolute atomic E-state index is 0.173. The quantitative estimate of drug-likeness (QED) is 0.893. The highest BCUT2D eigenvalue weighted by Gasteiger charge is 2.24. The van der Waals surface area contributed by atoms with Crippen LogP contribution in [0.3, 0.4) is 0 Å². The summed E-state index contributed by atoms with van der Waals surface area (Å²) < 4.78 is 0. The summed E-state index contributed by atoms with van der Waals surface area (Å²) in [5.41, 5.74) is 3.01. The Morgan fingerprint density at radius 3 is 2.62 bits per heavy atom. The van der Waals surface area contributed by atoms with Gasteiger partial charge in [-0.2, -0.15) is 0 Å². The van der Waals surface area contributed by atoms with E-state index in [1.165, 1.54) is 30.5 Å². The van der Waals surface area contributed by atoms with Crippen molar-refractivity contribution in [2.75, 3.05) is 6.54 Å². The molecule has 1 aliphatic heterocycles. The van der Waals surface area contributed by atoms with Gasteiger partial charge >= 0.3 is 0 Å². The Bertz CT molecular complexity index is 447. The van der Waals surface area contributed by atoms with Crippen LogP contribution in [0, 0.1) is 5.92 Å². The van der Waals surface area contributed by atoms with Gasteiger partial charge < -0.3 is 5.32 Å². The molecule has 1 aromatic rings. The molecule has 0 saturated carbocycles. The lowest BCUT2D eigenvalue weighted by atomic mass is 9.91. The van der Waals surface area contributed by atoms with Crippen molar-refractivity contribution in [3.05, 3.63) is 35.4 Å². The Kier molecular flexibility index (Phi) is 5.45. The van der Waals surface area contributed by atoms with Crippen LogP contribution in [0.25, 0.3) is 0 Å². The number of piperidine rings is 1. The summed E-state index contributed by atoms with van der Waals surface area (Å²) >= 11 is 0. The first-order valence-electron chi connectivity index (χ1n) is 8.42. The maximum atomic E-state index is 3.57. The summed E-state index contributed by atoms with van der Waals surface area (Å²) in [4.78, 5) is 2.64. The number of hydrogen-bond acceptors (Lipinski definition) is 2. The molecule has 1 saturated heterocycles. The number of likely N-dealkylation sites (tertiary alicyclic amines) is 1. The molecule has 1 heterocycles. The van der Waals surface area contributed by atoms with Crippen molar-refractivity contribution in [1.29, 1.82) is 0 Å². The maximum Gasteiger partial charge on any atom is 0.0236 e. The fraction of sp³-hybridized carbons (Fsp3) is 0.684. The summed E-state index contributed by atoms with van der Waals surface area (Å²) in [6.07, 6.45) is 2.73. The van der Waals surface area contributed by atoms with E-state index in [0.29, 0.717) is 6.04 Å². The Morgan fingerprint density at radius 1 is 1.19 bits per heavy atom. The minimum atomic E-state index is 0.173. The monoisotopic (exact) mass is 288 g/mol. The highest BCUT2D eigenvalue weighted by atomic mass is 15.2. The average molecular weight is 288 g/mol. The molecule has 0 aliphatic carbocycles. The summed E-state index contributed by atoms with van der Waals surface area (Å²) in [5, 5.41) is 3.57. The maximum absolute atomic E-state index is 3.57. The lowest BCUT2D eigenvalue weighted by molar-refractivity contribution is 0.106. The lowest BCUT2D eigenvalue weighted by Gasteiger charge is -2.38. The van der Waals surface area contributed by atoms with Crippen molar-refractivity contribution in [1.82, 2.24) is 10.2 Å². The first-order chi connectivity index (χ1) is 9.85. The van der Waals surface area contributed by atoms with Crippen molar-refractivity contribution in [3.8, 4) is 0 Å². The molecule has 2 rings (SSSR count). The molecule has 0 bridgehead atoms. The molecule has 2 nitrogen and oxygen atoms in total. The minimum Gasteiger partial charge on any atom is -0.308 e. The van der Waals surface area contributed by atoms with Gasteiger partial charge in [-0.3, -0.25) is 4.90 Å². The molecular weight excluding hydrogens is 256 g/mol. The molecule has 118 valence electrons. The molecule has 2 heteroatoms. The lowest BCUT2D eigenvalue weighted by Crippen LogP contribution is -2.41. The normalized spacial score (nSPS) is 24.2. The first kappa shape index (κ1) is 16.5. The van der Waals surface area contributed by atoms with Crippen molar-refractivity contribution < 1.29 is 0 Å². The standard InChI is InChI=1S/C19H32N2/c1-15-8-7-11-21(16(15)2)14-18-10-6-9-17(12-18)13-20-19(3,4)5/h6,9-10,12,15-16,20H,7-8,11,13-14H2,1-5H3. The van der Waals surface area contributed by atoms with Crippen LogP contribution in [-0.4, -0.2) is 23.0 Å². The predicted octanol–water partition coefficient (Wildman–Crippen LogP) is 4.20. The fourth-order valence-electron chi connectivity index (χ4n) is 3.08. The van der Waals surface area contributed by atoms with Crippen molar-refractivity contribution in [2.24, 2.45) is 5.92 Å². The zero-order valence-corrected chi connectivity index (χ0v) is 14.4. The van der Waals surface area contributed by atoms with E-state index in [1.807, 2.05) is 0 Å². The van der Waals surface area contributed by atoms with Crippen LogP contribution in [0.2, 0.25) is 0 Å². The molecule has 1 N–H and O–H groups in total. The van der Waals surface area contributed by atoms with E-state index in [-0.39, 0.29) is 5.54 Å². The van der Waals surface area contributed by atoms with Crippen molar-refractivity contribution in [2.45, 2.75) is 72.1 Å². The van der Waals surface area contributed by atoms with Gasteiger partial charge in [0.1, 0.15) is 0 Å². The number of benzene rings is 1. The summed E-state index contributed by atoms with van der Waals surface area (Å²) in [5.74, 6) is 0.824. The van der Waals surface area contributed by atoms with E-state index in [2.05, 4.69) is 69.1 Å². The Morgan fingerprint density at radius 2 is 1.90 bits per heavy atom. The van der Waals surface area contributed by atoms with Crippen LogP contribution < -0.4 is 5.32 Å². The molecule has 0 amide bonds. The highest BCUT2D eigenvalue weighted by molar-refractivity contribution is 5.23. The molecule has 2 unspecified atom stereocenters. The van der Waals surface area contributed by atoms with Crippen LogP contribution in [0.5, 0.6) is 0 Å². The van der Waals surface area contributed by atoms with Crippen LogP contribution in [0.15, 0.2) is 24.3 Å². The van der Waals surface area contributed by atoms with Gasteiger partial charge in [0.05, 0.1) is 0 Å². The first-order valence-corrected chi connectivity index (χ1v) is 8.42. The van der Waals surface area contributed by atoms with Gasteiger partial charge in [0.25, 0.3) is 0 Å². The zero-order chi connectivity index (χ0) is 15.5. The van der Waals surface area contributed by atoms with E-state index in [1.54, 1.807) is 0 Å². The number of rotatable bonds is 4. The molecule has 0 spiro atoms. The molecule has 21 heavy (non-hydrogen) atoms. The third-order valence-electron chi connectivity index (χ3n) is 4.70. The van der Waals surface area contributed by atoms with E-state index < -0.39 is 0 Å². The van der Waals surface area contributed by atoms with Crippen LogP contribution in [0.1, 0.15) is 58.6 Å². The Labute approximate surface area is 130 Å². The average Bonchev–Trinajstić information content (AvgIpc) is 2.41. The second-order valence-corrected chi connectivity index (χ2v) is 7.75. The second-order valence-electron chi connectivity index (χ2n) is 7.75. The predicted molar refractivity (Wildman–Crippen MR) is 91.3 cm³/mol. The Balaban J connectivity index is 1.97. The molecule has 0 aromatic heterocycles. The van der Waals surface area contributed by atoms with Crippen molar-refractivity contribution >= 4 is 0 Å². The van der Waals surface area contributed by atoms with Crippen molar-refractivity contribution in [3.63, 3.8) is 0 Å². The largest absolute Gasteiger partial charge is 0.308 e. The van der Waals surface area contributed by atoms with Gasteiger partial charge in [-0.25, -0.2) is 0 Å². The molecule has 2 atom stereocenters. The zero-order valence-electron chi connectivity index (χ0n) is 14.4. The number of nitrogens with one attached hydrogen (secondary N) is 1. The smallest absolute Gasteiger partial charge is 0.0236 e. The SMILES string of the molecule is CC1CCCN(Cc2cccc(CNC(C)(C)C)c2)C1C. The Hall–Kier alpha value is -0.860. The van der Waals surface area contributed by atoms with E-state index in [9.17, 15) is 0 Å². The third kappa shape index (κ3) is 5.12. The van der Waals surface area contributed by atoms with Gasteiger partial charge in [0, 0.05) is 24.7 Å². The molecular formula is C19H32N2. The van der Waals surface area contributed by atoms with Crippen LogP contribution in [0.4, 0.5) is 0 Å². The van der Waals surface area contributed by atoms with E-state index >= 15 is 0 Å². The number of hydrogen-bond donors (Lipinski definition) is 1. The molecule has 0 radical (unpaired) electrons. The second kappa shape index (κ2) is 6.93. The van der Waals surface area contributed by atoms with Crippen LogP contribution in [-0.2, 0) is 13.1 Å². The topological polar surface area (TPSA) is 15.3 Å². The van der Waals surface area contributed by atoms with E-state index in [0.717, 1.165) is 19.0 Å². The van der Waals surface area contributed by atoms with Gasteiger partial charge in [0.2, 0.25) is 0 Å². The molecule has 1 aromatic carbocycles. The number of nitrogens with zero attached hydrogens (tertiary/aromatic N) is 1. The van der Waals surface area contributed by atoms with Gasteiger partial charge in [0.15, 0.2) is 0 Å². The highest BCUT2D eigenvalue weighted by Crippen LogP contribution is 2.24. The molecule has 1 fully saturated rings. The fourth-order valence-corrected chi connectivity index (χ4v) is 3.08.